The molecule has 4 heteroatoms. The maximum Gasteiger partial charge on any atom is 0.223 e. The molecule has 1 aliphatic rings. The lowest BCUT2D eigenvalue weighted by atomic mass is 9.85. The molecule has 1 amide bonds. The lowest BCUT2D eigenvalue weighted by Crippen LogP contribution is -2.39. The first-order valence-electron chi connectivity index (χ1n) is 6.80. The number of rotatable bonds is 4. The van der Waals surface area contributed by atoms with Crippen LogP contribution in [-0.2, 0) is 4.79 Å². The number of thiophene rings is 1. The van der Waals surface area contributed by atoms with Gasteiger partial charge in [0.1, 0.15) is 0 Å². The van der Waals surface area contributed by atoms with Crippen LogP contribution < -0.4 is 11.1 Å². The standard InChI is InChI=1S/C14H22N2OS/c1-2-12(13-7-4-8-18-13)16-14(17)10-5-3-6-11(15)9-10/h4,7-8,10-12H,2-3,5-6,9,15H2,1H3,(H,16,17). The van der Waals surface area contributed by atoms with Crippen molar-refractivity contribution in [3.05, 3.63) is 22.4 Å². The van der Waals surface area contributed by atoms with Gasteiger partial charge in [-0.25, -0.2) is 0 Å². The topological polar surface area (TPSA) is 55.1 Å². The zero-order valence-corrected chi connectivity index (χ0v) is 11.7. The second-order valence-corrected chi connectivity index (χ2v) is 6.09. The van der Waals surface area contributed by atoms with Crippen molar-refractivity contribution in [2.24, 2.45) is 11.7 Å². The van der Waals surface area contributed by atoms with Crippen molar-refractivity contribution >= 4 is 17.2 Å². The summed E-state index contributed by atoms with van der Waals surface area (Å²) in [6.45, 7) is 2.11. The van der Waals surface area contributed by atoms with Crippen LogP contribution in [0, 0.1) is 5.92 Å². The summed E-state index contributed by atoms with van der Waals surface area (Å²) in [6, 6.07) is 4.49. The quantitative estimate of drug-likeness (QED) is 0.880. The van der Waals surface area contributed by atoms with E-state index in [9.17, 15) is 4.79 Å². The summed E-state index contributed by atoms with van der Waals surface area (Å²) < 4.78 is 0. The van der Waals surface area contributed by atoms with E-state index in [-0.39, 0.29) is 23.9 Å². The molecular weight excluding hydrogens is 244 g/mol. The van der Waals surface area contributed by atoms with E-state index in [0.29, 0.717) is 0 Å². The molecule has 0 spiro atoms. The van der Waals surface area contributed by atoms with Crippen LogP contribution in [-0.4, -0.2) is 11.9 Å². The van der Waals surface area contributed by atoms with E-state index in [0.717, 1.165) is 32.1 Å². The maximum atomic E-state index is 12.2. The smallest absolute Gasteiger partial charge is 0.223 e. The van der Waals surface area contributed by atoms with Gasteiger partial charge in [-0.3, -0.25) is 4.79 Å². The van der Waals surface area contributed by atoms with E-state index >= 15 is 0 Å². The predicted molar refractivity (Wildman–Crippen MR) is 75.4 cm³/mol. The summed E-state index contributed by atoms with van der Waals surface area (Å²) in [5.74, 6) is 0.299. The van der Waals surface area contributed by atoms with Crippen molar-refractivity contribution in [2.75, 3.05) is 0 Å². The predicted octanol–water partition coefficient (Wildman–Crippen LogP) is 2.83. The summed E-state index contributed by atoms with van der Waals surface area (Å²) in [5.41, 5.74) is 5.94. The minimum Gasteiger partial charge on any atom is -0.348 e. The zero-order valence-electron chi connectivity index (χ0n) is 10.9. The molecule has 0 radical (unpaired) electrons. The molecule has 100 valence electrons. The second-order valence-electron chi connectivity index (χ2n) is 5.11. The minimum absolute atomic E-state index is 0.114. The number of amides is 1. The third-order valence-corrected chi connectivity index (χ3v) is 4.68. The average molecular weight is 266 g/mol. The number of hydrogen-bond acceptors (Lipinski definition) is 3. The molecule has 3 nitrogen and oxygen atoms in total. The molecule has 0 aromatic carbocycles. The van der Waals surface area contributed by atoms with Crippen molar-refractivity contribution in [3.63, 3.8) is 0 Å². The van der Waals surface area contributed by atoms with E-state index in [2.05, 4.69) is 23.7 Å². The van der Waals surface area contributed by atoms with Gasteiger partial charge in [0.05, 0.1) is 6.04 Å². The Hall–Kier alpha value is -0.870. The van der Waals surface area contributed by atoms with Crippen LogP contribution in [0.5, 0.6) is 0 Å². The van der Waals surface area contributed by atoms with Gasteiger partial charge < -0.3 is 11.1 Å². The Bertz CT molecular complexity index is 377. The van der Waals surface area contributed by atoms with Gasteiger partial charge in [0.2, 0.25) is 5.91 Å². The molecule has 1 fully saturated rings. The fourth-order valence-corrected chi connectivity index (χ4v) is 3.48. The van der Waals surface area contributed by atoms with Crippen LogP contribution in [0.1, 0.15) is 49.9 Å². The Kier molecular flexibility index (Phi) is 4.78. The molecule has 0 saturated heterocycles. The van der Waals surface area contributed by atoms with E-state index in [1.807, 2.05) is 6.07 Å². The van der Waals surface area contributed by atoms with Gasteiger partial charge in [0.25, 0.3) is 0 Å². The molecule has 18 heavy (non-hydrogen) atoms. The Morgan fingerprint density at radius 3 is 3.06 bits per heavy atom. The van der Waals surface area contributed by atoms with Crippen LogP contribution in [0.25, 0.3) is 0 Å². The SMILES string of the molecule is CCC(NC(=O)C1CCCC(N)C1)c1cccs1. The van der Waals surface area contributed by atoms with Crippen LogP contribution in [0.15, 0.2) is 17.5 Å². The monoisotopic (exact) mass is 266 g/mol. The maximum absolute atomic E-state index is 12.2. The van der Waals surface area contributed by atoms with Crippen LogP contribution in [0.3, 0.4) is 0 Å². The Morgan fingerprint density at radius 1 is 1.61 bits per heavy atom. The van der Waals surface area contributed by atoms with Crippen LogP contribution >= 0.6 is 11.3 Å². The van der Waals surface area contributed by atoms with E-state index < -0.39 is 0 Å². The fraction of sp³-hybridized carbons (Fsp3) is 0.643. The van der Waals surface area contributed by atoms with Gasteiger partial charge in [-0.05, 0) is 37.1 Å². The molecule has 1 aliphatic carbocycles. The molecule has 3 atom stereocenters. The normalized spacial score (nSPS) is 25.7. The molecular formula is C14H22N2OS. The minimum atomic E-state index is 0.114. The lowest BCUT2D eigenvalue weighted by molar-refractivity contribution is -0.126. The summed E-state index contributed by atoms with van der Waals surface area (Å²) in [5, 5.41) is 5.23. The van der Waals surface area contributed by atoms with Crippen molar-refractivity contribution < 1.29 is 4.79 Å². The van der Waals surface area contributed by atoms with Gasteiger partial charge in [-0.15, -0.1) is 11.3 Å². The molecule has 2 rings (SSSR count). The number of carbonyl (C=O) groups excluding carboxylic acids is 1. The summed E-state index contributed by atoms with van der Waals surface area (Å²) in [7, 11) is 0. The largest absolute Gasteiger partial charge is 0.348 e. The van der Waals surface area contributed by atoms with Crippen molar-refractivity contribution in [2.45, 2.75) is 51.1 Å². The third kappa shape index (κ3) is 3.33. The molecule has 1 aromatic rings. The highest BCUT2D eigenvalue weighted by Gasteiger charge is 2.26. The summed E-state index contributed by atoms with van der Waals surface area (Å²) in [6.07, 6.45) is 4.90. The van der Waals surface area contributed by atoms with E-state index in [1.54, 1.807) is 11.3 Å². The van der Waals surface area contributed by atoms with Gasteiger partial charge >= 0.3 is 0 Å². The summed E-state index contributed by atoms with van der Waals surface area (Å²) in [4.78, 5) is 13.5. The number of carbonyl (C=O) groups is 1. The average Bonchev–Trinajstić information content (AvgIpc) is 2.89. The molecule has 3 unspecified atom stereocenters. The van der Waals surface area contributed by atoms with Crippen molar-refractivity contribution in [1.82, 2.24) is 5.32 Å². The first-order chi connectivity index (χ1) is 8.70. The zero-order chi connectivity index (χ0) is 13.0. The highest BCUT2D eigenvalue weighted by molar-refractivity contribution is 7.10. The number of nitrogens with two attached hydrogens (primary N) is 1. The Balaban J connectivity index is 1.93. The van der Waals surface area contributed by atoms with Gasteiger partial charge in [0.15, 0.2) is 0 Å². The van der Waals surface area contributed by atoms with Gasteiger partial charge in [-0.2, -0.15) is 0 Å². The highest BCUT2D eigenvalue weighted by atomic mass is 32.1. The Labute approximate surface area is 113 Å². The first kappa shape index (κ1) is 13.6. The van der Waals surface area contributed by atoms with E-state index in [4.69, 9.17) is 5.73 Å². The van der Waals surface area contributed by atoms with Gasteiger partial charge in [-0.1, -0.05) is 19.4 Å². The number of nitrogens with one attached hydrogen (secondary N) is 1. The van der Waals surface area contributed by atoms with Crippen LogP contribution in [0.4, 0.5) is 0 Å². The number of hydrogen-bond donors (Lipinski definition) is 2. The second kappa shape index (κ2) is 6.34. The Morgan fingerprint density at radius 2 is 2.44 bits per heavy atom. The third-order valence-electron chi connectivity index (χ3n) is 3.70. The van der Waals surface area contributed by atoms with Crippen LogP contribution in [0.2, 0.25) is 0 Å². The highest BCUT2D eigenvalue weighted by Crippen LogP contribution is 2.26. The molecule has 0 aliphatic heterocycles. The fourth-order valence-electron chi connectivity index (χ4n) is 2.62. The van der Waals surface area contributed by atoms with E-state index in [1.165, 1.54) is 4.88 Å². The molecule has 0 bridgehead atoms. The van der Waals surface area contributed by atoms with Crippen molar-refractivity contribution in [1.29, 1.82) is 0 Å². The van der Waals surface area contributed by atoms with Crippen molar-refractivity contribution in [3.8, 4) is 0 Å². The first-order valence-corrected chi connectivity index (χ1v) is 7.68. The molecule has 1 saturated carbocycles. The molecule has 3 N–H and O–H groups in total. The molecule has 1 aromatic heterocycles. The lowest BCUT2D eigenvalue weighted by Gasteiger charge is -2.27. The summed E-state index contributed by atoms with van der Waals surface area (Å²) >= 11 is 1.71. The van der Waals surface area contributed by atoms with Gasteiger partial charge in [0, 0.05) is 16.8 Å². The molecule has 1 heterocycles.